The number of fused-ring (bicyclic) bond motifs is 1. The van der Waals surface area contributed by atoms with Gasteiger partial charge in [-0.05, 0) is 22.4 Å². The molecule has 0 heterocycles. The predicted octanol–water partition coefficient (Wildman–Crippen LogP) is 4.94. The van der Waals surface area contributed by atoms with Crippen LogP contribution in [0.5, 0.6) is 5.75 Å². The molecule has 0 spiro atoms. The molecule has 0 atom stereocenters. The van der Waals surface area contributed by atoms with Gasteiger partial charge in [0, 0.05) is 5.56 Å². The first-order valence-corrected chi connectivity index (χ1v) is 7.49. The molecular formula is C20H20O3. The van der Waals surface area contributed by atoms with E-state index in [4.69, 9.17) is 5.11 Å². The number of carboxylic acid groups (broad SMARTS) is 1. The van der Waals surface area contributed by atoms with Gasteiger partial charge in [0.15, 0.2) is 0 Å². The fourth-order valence-electron chi connectivity index (χ4n) is 2.16. The summed E-state index contributed by atoms with van der Waals surface area (Å²) in [4.78, 5) is 9.70. The van der Waals surface area contributed by atoms with Crippen molar-refractivity contribution in [1.29, 1.82) is 0 Å². The van der Waals surface area contributed by atoms with Gasteiger partial charge in [-0.3, -0.25) is 4.79 Å². The second kappa shape index (κ2) is 7.45. The van der Waals surface area contributed by atoms with Crippen LogP contribution in [0.1, 0.15) is 13.8 Å². The molecule has 3 rings (SSSR count). The van der Waals surface area contributed by atoms with E-state index in [0.717, 1.165) is 16.5 Å². The van der Waals surface area contributed by atoms with Crippen LogP contribution in [-0.4, -0.2) is 16.2 Å². The Labute approximate surface area is 135 Å². The molecule has 3 aromatic carbocycles. The minimum absolute atomic E-state index is 0.231. The second-order valence-electron chi connectivity index (χ2n) is 5.54. The molecule has 0 aromatic heterocycles. The Bertz CT molecular complexity index is 801. The zero-order valence-corrected chi connectivity index (χ0v) is 13.2. The summed E-state index contributed by atoms with van der Waals surface area (Å²) in [6.07, 6.45) is 0. The van der Waals surface area contributed by atoms with Gasteiger partial charge in [0.25, 0.3) is 0 Å². The maximum Gasteiger partial charge on any atom is 0.305 e. The van der Waals surface area contributed by atoms with E-state index in [-0.39, 0.29) is 5.92 Å². The van der Waals surface area contributed by atoms with E-state index in [0.29, 0.717) is 5.75 Å². The third kappa shape index (κ3) is 4.10. The molecule has 23 heavy (non-hydrogen) atoms. The van der Waals surface area contributed by atoms with E-state index in [9.17, 15) is 9.90 Å². The summed E-state index contributed by atoms with van der Waals surface area (Å²) in [7, 11) is 0. The Morgan fingerprint density at radius 3 is 2.00 bits per heavy atom. The largest absolute Gasteiger partial charge is 0.507 e. The molecule has 0 aliphatic rings. The number of carbonyl (C=O) groups is 1. The summed E-state index contributed by atoms with van der Waals surface area (Å²) in [6.45, 7) is 3.28. The normalized spacial score (nSPS) is 10.2. The fourth-order valence-corrected chi connectivity index (χ4v) is 2.16. The minimum Gasteiger partial charge on any atom is -0.507 e. The quantitative estimate of drug-likeness (QED) is 0.705. The number of hydrogen-bond acceptors (Lipinski definition) is 2. The van der Waals surface area contributed by atoms with E-state index < -0.39 is 5.97 Å². The summed E-state index contributed by atoms with van der Waals surface area (Å²) < 4.78 is 0. The van der Waals surface area contributed by atoms with Crippen molar-refractivity contribution >= 4 is 16.7 Å². The van der Waals surface area contributed by atoms with Gasteiger partial charge >= 0.3 is 5.97 Å². The average molecular weight is 308 g/mol. The second-order valence-corrected chi connectivity index (χ2v) is 5.54. The van der Waals surface area contributed by atoms with Crippen LogP contribution >= 0.6 is 0 Å². The molecule has 3 aromatic rings. The van der Waals surface area contributed by atoms with Crippen LogP contribution in [0.4, 0.5) is 0 Å². The van der Waals surface area contributed by atoms with E-state index in [1.165, 1.54) is 5.39 Å². The summed E-state index contributed by atoms with van der Waals surface area (Å²) >= 11 is 0. The van der Waals surface area contributed by atoms with Crippen molar-refractivity contribution in [2.75, 3.05) is 0 Å². The molecule has 2 N–H and O–H groups in total. The van der Waals surface area contributed by atoms with Gasteiger partial charge < -0.3 is 10.2 Å². The zero-order chi connectivity index (χ0) is 16.8. The maximum absolute atomic E-state index is 9.92. The van der Waals surface area contributed by atoms with E-state index in [1.54, 1.807) is 19.9 Å². The van der Waals surface area contributed by atoms with E-state index >= 15 is 0 Å². The zero-order valence-electron chi connectivity index (χ0n) is 13.2. The van der Waals surface area contributed by atoms with Crippen molar-refractivity contribution in [2.24, 2.45) is 5.92 Å². The number of hydrogen-bond donors (Lipinski definition) is 2. The van der Waals surface area contributed by atoms with E-state index in [2.05, 4.69) is 18.2 Å². The number of aliphatic carboxylic acids is 1. The average Bonchev–Trinajstić information content (AvgIpc) is 2.55. The van der Waals surface area contributed by atoms with Crippen molar-refractivity contribution in [3.05, 3.63) is 66.7 Å². The van der Waals surface area contributed by atoms with Crippen LogP contribution in [-0.2, 0) is 4.79 Å². The molecule has 3 heteroatoms. The summed E-state index contributed by atoms with van der Waals surface area (Å²) in [6, 6.07) is 21.8. The van der Waals surface area contributed by atoms with Gasteiger partial charge in [-0.25, -0.2) is 0 Å². The smallest absolute Gasteiger partial charge is 0.305 e. The molecule has 0 unspecified atom stereocenters. The van der Waals surface area contributed by atoms with Crippen molar-refractivity contribution in [1.82, 2.24) is 0 Å². The molecule has 0 aliphatic heterocycles. The molecule has 0 amide bonds. The number of rotatable bonds is 2. The number of benzene rings is 3. The Kier molecular flexibility index (Phi) is 5.36. The van der Waals surface area contributed by atoms with Crippen LogP contribution in [0.15, 0.2) is 66.7 Å². The van der Waals surface area contributed by atoms with Gasteiger partial charge in [-0.15, -0.1) is 0 Å². The lowest BCUT2D eigenvalue weighted by atomic mass is 9.98. The standard InChI is InChI=1S/C16H12O.C4H8O2/c17-16-11-4-3-9-15(16)14-10-5-7-12-6-1-2-8-13(12)14;1-3(2)4(5)6/h1-11,17H;3H,1-2H3,(H,5,6). The van der Waals surface area contributed by atoms with Crippen LogP contribution < -0.4 is 0 Å². The number of phenolic OH excluding ortho intramolecular Hbond substituents is 1. The predicted molar refractivity (Wildman–Crippen MR) is 93.5 cm³/mol. The van der Waals surface area contributed by atoms with Crippen molar-refractivity contribution in [2.45, 2.75) is 13.8 Å². The highest BCUT2D eigenvalue weighted by Crippen LogP contribution is 2.33. The SMILES string of the molecule is CC(C)C(=O)O.Oc1ccccc1-c1cccc2ccccc12. The van der Waals surface area contributed by atoms with Gasteiger partial charge in [0.05, 0.1) is 5.92 Å². The number of para-hydroxylation sites is 1. The molecule has 0 radical (unpaired) electrons. The van der Waals surface area contributed by atoms with Crippen LogP contribution in [0, 0.1) is 5.92 Å². The van der Waals surface area contributed by atoms with Crippen molar-refractivity contribution < 1.29 is 15.0 Å². The minimum atomic E-state index is -0.741. The lowest BCUT2D eigenvalue weighted by Crippen LogP contribution is -2.03. The summed E-state index contributed by atoms with van der Waals surface area (Å²) in [5, 5.41) is 20.3. The monoisotopic (exact) mass is 308 g/mol. The first-order chi connectivity index (χ1) is 11.0. The lowest BCUT2D eigenvalue weighted by Gasteiger charge is -2.08. The Morgan fingerprint density at radius 2 is 1.35 bits per heavy atom. The Balaban J connectivity index is 0.000000277. The first-order valence-electron chi connectivity index (χ1n) is 7.49. The molecule has 0 fully saturated rings. The molecule has 0 saturated heterocycles. The number of aromatic hydroxyl groups is 1. The highest BCUT2D eigenvalue weighted by Gasteiger charge is 2.06. The van der Waals surface area contributed by atoms with Gasteiger partial charge in [-0.2, -0.15) is 0 Å². The molecule has 118 valence electrons. The van der Waals surface area contributed by atoms with Crippen LogP contribution in [0.25, 0.3) is 21.9 Å². The molecule has 0 aliphatic carbocycles. The highest BCUT2D eigenvalue weighted by atomic mass is 16.4. The van der Waals surface area contributed by atoms with Gasteiger partial charge in [0.1, 0.15) is 5.75 Å². The summed E-state index contributed by atoms with van der Waals surface area (Å²) in [5.74, 6) is -0.649. The van der Waals surface area contributed by atoms with Gasteiger partial charge in [0.2, 0.25) is 0 Å². The lowest BCUT2D eigenvalue weighted by molar-refractivity contribution is -0.140. The summed E-state index contributed by atoms with van der Waals surface area (Å²) in [5.41, 5.74) is 1.95. The Morgan fingerprint density at radius 1 is 0.826 bits per heavy atom. The maximum atomic E-state index is 9.92. The van der Waals surface area contributed by atoms with Gasteiger partial charge in [-0.1, -0.05) is 74.5 Å². The number of carboxylic acids is 1. The third-order valence-corrected chi connectivity index (χ3v) is 3.48. The molecular weight excluding hydrogens is 288 g/mol. The van der Waals surface area contributed by atoms with Crippen LogP contribution in [0.3, 0.4) is 0 Å². The van der Waals surface area contributed by atoms with Crippen molar-refractivity contribution in [3.8, 4) is 16.9 Å². The topological polar surface area (TPSA) is 57.5 Å². The van der Waals surface area contributed by atoms with Crippen LogP contribution in [0.2, 0.25) is 0 Å². The van der Waals surface area contributed by atoms with Crippen molar-refractivity contribution in [3.63, 3.8) is 0 Å². The molecule has 0 saturated carbocycles. The highest BCUT2D eigenvalue weighted by molar-refractivity contribution is 5.97. The first kappa shape index (κ1) is 16.6. The molecule has 3 nitrogen and oxygen atoms in total. The Hall–Kier alpha value is -2.81. The number of phenols is 1. The molecule has 0 bridgehead atoms. The fraction of sp³-hybridized carbons (Fsp3) is 0.150. The van der Waals surface area contributed by atoms with E-state index in [1.807, 2.05) is 42.5 Å². The third-order valence-electron chi connectivity index (χ3n) is 3.48.